The molecule has 0 saturated carbocycles. The molecule has 1 aliphatic rings. The van der Waals surface area contributed by atoms with Crippen LogP contribution < -0.4 is 11.0 Å². The summed E-state index contributed by atoms with van der Waals surface area (Å²) in [5.74, 6) is -4.68. The van der Waals surface area contributed by atoms with E-state index >= 15 is 0 Å². The first-order valence-electron chi connectivity index (χ1n) is 7.65. The van der Waals surface area contributed by atoms with Crippen molar-refractivity contribution in [3.05, 3.63) is 22.7 Å². The number of hydrogen-bond donors (Lipinski definition) is 3. The van der Waals surface area contributed by atoms with Gasteiger partial charge in [-0.25, -0.2) is 9.59 Å². The molecule has 0 spiro atoms. The van der Waals surface area contributed by atoms with Crippen LogP contribution in [0.3, 0.4) is 0 Å². The number of esters is 1. The second-order valence-electron chi connectivity index (χ2n) is 5.43. The smallest absolute Gasteiger partial charge is 0.412 e. The number of alkyl halides is 2. The molecule has 3 N–H and O–H groups in total. The Labute approximate surface area is 150 Å². The Hall–Kier alpha value is -2.64. The Morgan fingerprint density at radius 1 is 1.41 bits per heavy atom. The summed E-state index contributed by atoms with van der Waals surface area (Å²) in [5, 5.41) is 20.5. The number of nitrogens with one attached hydrogen (secondary N) is 1. The highest BCUT2D eigenvalue weighted by Gasteiger charge is 2.59. The minimum absolute atomic E-state index is 0.166. The third kappa shape index (κ3) is 4.75. The Morgan fingerprint density at radius 3 is 2.63 bits per heavy atom. The van der Waals surface area contributed by atoms with Gasteiger partial charge in [-0.15, -0.1) is 0 Å². The maximum Gasteiger partial charge on any atom is 0.412 e. The lowest BCUT2D eigenvalue weighted by Gasteiger charge is -2.21. The quantitative estimate of drug-likeness (QED) is 0.419. The van der Waals surface area contributed by atoms with Crippen molar-refractivity contribution in [1.82, 2.24) is 9.55 Å². The SMILES string of the molecule is CC(=O)OCCOC(=O)Nc1ccn([C@@H]2O[C@H](CO)[C@@H](O)C2(F)F)c(=O)n1. The fourth-order valence-electron chi connectivity index (χ4n) is 2.24. The van der Waals surface area contributed by atoms with Crippen LogP contribution in [0.25, 0.3) is 0 Å². The molecule has 2 rings (SSSR count). The largest absolute Gasteiger partial charge is 0.462 e. The molecule has 1 saturated heterocycles. The van der Waals surface area contributed by atoms with Crippen LogP contribution >= 0.6 is 0 Å². The zero-order valence-corrected chi connectivity index (χ0v) is 14.0. The molecule has 1 aromatic heterocycles. The van der Waals surface area contributed by atoms with Crippen LogP contribution in [0.2, 0.25) is 0 Å². The Bertz CT molecular complexity index is 756. The summed E-state index contributed by atoms with van der Waals surface area (Å²) in [6.45, 7) is -0.0993. The van der Waals surface area contributed by atoms with Crippen molar-refractivity contribution in [2.24, 2.45) is 0 Å². The highest BCUT2D eigenvalue weighted by Crippen LogP contribution is 2.41. The lowest BCUT2D eigenvalue weighted by Crippen LogP contribution is -2.41. The number of amides is 1. The van der Waals surface area contributed by atoms with E-state index in [0.717, 1.165) is 12.3 Å². The summed E-state index contributed by atoms with van der Waals surface area (Å²) in [6.07, 6.45) is -6.17. The van der Waals surface area contributed by atoms with Crippen LogP contribution in [-0.2, 0) is 19.0 Å². The Kier molecular flexibility index (Phi) is 6.41. The number of aliphatic hydroxyl groups is 2. The standard InChI is InChI=1S/C14H17F2N3O8/c1-7(21)25-4-5-26-13(24)18-9-2-3-19(12(23)17-9)11-14(15,16)10(22)8(6-20)27-11/h2-3,8,10-11,20,22H,4-6H2,1H3,(H,17,18,23,24)/t8-,10-,11-/m1/s1. The number of aromatic nitrogens is 2. The average Bonchev–Trinajstić information content (AvgIpc) is 2.82. The van der Waals surface area contributed by atoms with Crippen molar-refractivity contribution in [3.63, 3.8) is 0 Å². The number of anilines is 1. The van der Waals surface area contributed by atoms with Gasteiger partial charge in [-0.3, -0.25) is 14.7 Å². The molecule has 150 valence electrons. The van der Waals surface area contributed by atoms with Gasteiger partial charge in [0.05, 0.1) is 6.61 Å². The van der Waals surface area contributed by atoms with E-state index in [0.29, 0.717) is 4.57 Å². The number of aliphatic hydroxyl groups excluding tert-OH is 2. The van der Waals surface area contributed by atoms with Gasteiger partial charge < -0.3 is 24.4 Å². The molecule has 1 aromatic rings. The fraction of sp³-hybridized carbons (Fsp3) is 0.571. The van der Waals surface area contributed by atoms with E-state index in [-0.39, 0.29) is 19.0 Å². The molecule has 3 atom stereocenters. The summed E-state index contributed by atoms with van der Waals surface area (Å²) in [6, 6.07) is 1.03. The minimum Gasteiger partial charge on any atom is -0.462 e. The number of carbonyl (C=O) groups excluding carboxylic acids is 2. The number of nitrogens with zero attached hydrogens (tertiary/aromatic N) is 2. The van der Waals surface area contributed by atoms with Crippen LogP contribution in [0.4, 0.5) is 19.4 Å². The Morgan fingerprint density at radius 2 is 2.07 bits per heavy atom. The second kappa shape index (κ2) is 8.37. The third-order valence-electron chi connectivity index (χ3n) is 3.49. The number of carbonyl (C=O) groups is 2. The lowest BCUT2D eigenvalue weighted by molar-refractivity contribution is -0.141. The summed E-state index contributed by atoms with van der Waals surface area (Å²) in [4.78, 5) is 37.4. The molecule has 1 aliphatic heterocycles. The predicted molar refractivity (Wildman–Crippen MR) is 82.1 cm³/mol. The van der Waals surface area contributed by atoms with Gasteiger partial charge in [0, 0.05) is 13.1 Å². The zero-order valence-electron chi connectivity index (χ0n) is 14.0. The van der Waals surface area contributed by atoms with Gasteiger partial charge in [-0.2, -0.15) is 13.8 Å². The molecule has 13 heteroatoms. The highest BCUT2D eigenvalue weighted by molar-refractivity contribution is 5.83. The number of ether oxygens (including phenoxy) is 3. The normalized spacial score (nSPS) is 23.7. The van der Waals surface area contributed by atoms with Gasteiger partial charge in [0.25, 0.3) is 0 Å². The van der Waals surface area contributed by atoms with E-state index in [2.05, 4.69) is 19.8 Å². The van der Waals surface area contributed by atoms with Gasteiger partial charge >= 0.3 is 23.7 Å². The summed E-state index contributed by atoms with van der Waals surface area (Å²) < 4.78 is 42.6. The molecule has 2 heterocycles. The Balaban J connectivity index is 2.02. The highest BCUT2D eigenvalue weighted by atomic mass is 19.3. The first-order valence-corrected chi connectivity index (χ1v) is 7.65. The molecule has 1 fully saturated rings. The molecule has 0 bridgehead atoms. The molecular weight excluding hydrogens is 376 g/mol. The van der Waals surface area contributed by atoms with Gasteiger partial charge in [0.15, 0.2) is 6.10 Å². The van der Waals surface area contributed by atoms with Crippen molar-refractivity contribution in [2.45, 2.75) is 31.3 Å². The summed E-state index contributed by atoms with van der Waals surface area (Å²) in [5.41, 5.74) is -1.19. The van der Waals surface area contributed by atoms with Crippen molar-refractivity contribution in [3.8, 4) is 0 Å². The van der Waals surface area contributed by atoms with Crippen molar-refractivity contribution in [1.29, 1.82) is 0 Å². The molecule has 0 aliphatic carbocycles. The molecule has 1 amide bonds. The van der Waals surface area contributed by atoms with Crippen LogP contribution in [0.15, 0.2) is 17.1 Å². The first kappa shape index (κ1) is 20.7. The van der Waals surface area contributed by atoms with Gasteiger partial charge in [0.1, 0.15) is 25.1 Å². The molecule has 0 aromatic carbocycles. The van der Waals surface area contributed by atoms with Crippen molar-refractivity contribution < 1.29 is 42.8 Å². The van der Waals surface area contributed by atoms with E-state index < -0.39 is 48.7 Å². The van der Waals surface area contributed by atoms with Gasteiger partial charge in [-0.1, -0.05) is 0 Å². The van der Waals surface area contributed by atoms with Crippen LogP contribution in [-0.4, -0.2) is 69.8 Å². The van der Waals surface area contributed by atoms with Crippen LogP contribution in [0.5, 0.6) is 0 Å². The van der Waals surface area contributed by atoms with E-state index in [1.807, 2.05) is 0 Å². The monoisotopic (exact) mass is 393 g/mol. The molecule has 11 nitrogen and oxygen atoms in total. The van der Waals surface area contributed by atoms with E-state index in [1.54, 1.807) is 0 Å². The number of hydrogen-bond acceptors (Lipinski definition) is 9. The topological polar surface area (TPSA) is 149 Å². The fourth-order valence-corrected chi connectivity index (χ4v) is 2.24. The summed E-state index contributed by atoms with van der Waals surface area (Å²) >= 11 is 0. The van der Waals surface area contributed by atoms with Crippen molar-refractivity contribution in [2.75, 3.05) is 25.1 Å². The minimum atomic E-state index is -3.84. The molecule has 27 heavy (non-hydrogen) atoms. The van der Waals surface area contributed by atoms with Gasteiger partial charge in [0.2, 0.25) is 6.23 Å². The number of halogens is 2. The van der Waals surface area contributed by atoms with E-state index in [9.17, 15) is 28.3 Å². The molecule has 0 unspecified atom stereocenters. The second-order valence-corrected chi connectivity index (χ2v) is 5.43. The third-order valence-corrected chi connectivity index (χ3v) is 3.49. The van der Waals surface area contributed by atoms with E-state index in [1.165, 1.54) is 6.92 Å². The van der Waals surface area contributed by atoms with Crippen LogP contribution in [0.1, 0.15) is 13.2 Å². The lowest BCUT2D eigenvalue weighted by atomic mass is 10.1. The summed E-state index contributed by atoms with van der Waals surface area (Å²) in [7, 11) is 0. The van der Waals surface area contributed by atoms with E-state index in [4.69, 9.17) is 9.84 Å². The maximum absolute atomic E-state index is 14.0. The zero-order chi connectivity index (χ0) is 20.2. The molecule has 0 radical (unpaired) electrons. The average molecular weight is 393 g/mol. The van der Waals surface area contributed by atoms with Gasteiger partial charge in [-0.05, 0) is 6.07 Å². The molecular formula is C14H17F2N3O8. The van der Waals surface area contributed by atoms with Crippen molar-refractivity contribution >= 4 is 17.9 Å². The maximum atomic E-state index is 14.0. The van der Waals surface area contributed by atoms with Crippen LogP contribution in [0, 0.1) is 0 Å². The number of rotatable bonds is 6. The first-order chi connectivity index (χ1) is 12.7. The predicted octanol–water partition coefficient (Wildman–Crippen LogP) is -0.759.